The molecule has 0 amide bonds. The van der Waals surface area contributed by atoms with Crippen LogP contribution in [0.3, 0.4) is 0 Å². The van der Waals surface area contributed by atoms with Gasteiger partial charge in [0.25, 0.3) is 0 Å². The van der Waals surface area contributed by atoms with Crippen LogP contribution in [0.4, 0.5) is 0 Å². The van der Waals surface area contributed by atoms with E-state index in [0.29, 0.717) is 0 Å². The molecule has 0 unspecified atom stereocenters. The summed E-state index contributed by atoms with van der Waals surface area (Å²) < 4.78 is 0. The molecular weight excluding hydrogens is 134 g/mol. The van der Waals surface area contributed by atoms with E-state index in [1.165, 1.54) is 5.39 Å². The van der Waals surface area contributed by atoms with Crippen LogP contribution in [0.1, 0.15) is 0 Å². The quantitative estimate of drug-likeness (QED) is 0.262. The van der Waals surface area contributed by atoms with Crippen molar-refractivity contribution < 1.29 is 37.7 Å². The summed E-state index contributed by atoms with van der Waals surface area (Å²) in [6, 6.07) is 18.0. The van der Waals surface area contributed by atoms with Gasteiger partial charge < -0.3 is 18.2 Å². The molecule has 0 radical (unpaired) electrons. The molecule has 48 valence electrons. The Hall–Kier alpha value is -0.105. The third kappa shape index (κ3) is 2.44. The van der Waals surface area contributed by atoms with Gasteiger partial charge in [0.2, 0.25) is 0 Å². The van der Waals surface area contributed by atoms with Crippen molar-refractivity contribution in [3.8, 4) is 0 Å². The van der Waals surface area contributed by atoms with Gasteiger partial charge in [-0.25, -0.2) is 5.39 Å². The minimum atomic E-state index is 0. The number of benzene rings is 2. The SMILES string of the molecule is [Li+].[Li+].[c-]1c[c-]c2ccccc2c1. The van der Waals surface area contributed by atoms with E-state index in [9.17, 15) is 0 Å². The van der Waals surface area contributed by atoms with E-state index in [2.05, 4.69) is 18.2 Å². The van der Waals surface area contributed by atoms with Crippen molar-refractivity contribution in [2.45, 2.75) is 0 Å². The van der Waals surface area contributed by atoms with Crippen LogP contribution in [0, 0.1) is 12.1 Å². The molecule has 0 saturated heterocycles. The van der Waals surface area contributed by atoms with E-state index in [0.717, 1.165) is 5.39 Å². The minimum Gasteiger partial charge on any atom is -0.358 e. The molecular formula is C10H6Li2. The zero-order valence-electron chi connectivity index (χ0n) is 7.46. The van der Waals surface area contributed by atoms with Crippen molar-refractivity contribution in [1.82, 2.24) is 0 Å². The minimum absolute atomic E-state index is 0. The van der Waals surface area contributed by atoms with Gasteiger partial charge in [0, 0.05) is 0 Å². The summed E-state index contributed by atoms with van der Waals surface area (Å²) in [5.74, 6) is 0. The van der Waals surface area contributed by atoms with Crippen LogP contribution in [-0.4, -0.2) is 0 Å². The molecule has 0 spiro atoms. The fraction of sp³-hybridized carbons (Fsp3) is 0. The topological polar surface area (TPSA) is 0 Å². The Kier molecular flexibility index (Phi) is 5.48. The predicted molar refractivity (Wildman–Crippen MR) is 41.6 cm³/mol. The number of rotatable bonds is 0. The standard InChI is InChI=1S/C10H6.2Li/c1-2-6-10-8-4-3-7-9(10)5-1;;/h1-3,5-6,8H;;/q-2;2*+1. The Balaban J connectivity index is 0.000000605. The Labute approximate surface area is 96.7 Å². The molecule has 2 rings (SSSR count). The van der Waals surface area contributed by atoms with Crippen LogP contribution >= 0.6 is 0 Å². The Morgan fingerprint density at radius 1 is 1.00 bits per heavy atom. The molecule has 0 atom stereocenters. The monoisotopic (exact) mass is 140 g/mol. The first-order chi connectivity index (χ1) is 4.97. The van der Waals surface area contributed by atoms with Gasteiger partial charge in [-0.05, 0) is 0 Å². The average molecular weight is 140 g/mol. The first kappa shape index (κ1) is 11.9. The molecule has 0 nitrogen and oxygen atoms in total. The molecule has 0 heterocycles. The average Bonchev–Trinajstić information content (AvgIpc) is 2.05. The van der Waals surface area contributed by atoms with E-state index in [1.54, 1.807) is 0 Å². The second-order valence-corrected chi connectivity index (χ2v) is 2.19. The van der Waals surface area contributed by atoms with Gasteiger partial charge in [-0.3, -0.25) is 11.5 Å². The molecule has 0 fully saturated rings. The van der Waals surface area contributed by atoms with Gasteiger partial charge in [-0.2, -0.15) is 6.07 Å². The van der Waals surface area contributed by atoms with Crippen molar-refractivity contribution in [3.63, 3.8) is 0 Å². The van der Waals surface area contributed by atoms with Crippen LogP contribution < -0.4 is 37.7 Å². The number of fused-ring (bicyclic) bond motifs is 1. The smallest absolute Gasteiger partial charge is 0.358 e. The van der Waals surface area contributed by atoms with Crippen LogP contribution in [0.25, 0.3) is 10.8 Å². The van der Waals surface area contributed by atoms with E-state index < -0.39 is 0 Å². The van der Waals surface area contributed by atoms with Crippen LogP contribution in [0.5, 0.6) is 0 Å². The van der Waals surface area contributed by atoms with Crippen molar-refractivity contribution in [1.29, 1.82) is 0 Å². The summed E-state index contributed by atoms with van der Waals surface area (Å²) >= 11 is 0. The summed E-state index contributed by atoms with van der Waals surface area (Å²) in [7, 11) is 0. The maximum absolute atomic E-state index is 3.10. The molecule has 2 heteroatoms. The summed E-state index contributed by atoms with van der Waals surface area (Å²) in [4.78, 5) is 0. The maximum atomic E-state index is 3.10. The molecule has 0 aromatic heterocycles. The molecule has 0 saturated carbocycles. The molecule has 0 aliphatic heterocycles. The molecule has 0 bridgehead atoms. The van der Waals surface area contributed by atoms with Crippen molar-refractivity contribution in [3.05, 3.63) is 48.5 Å². The molecule has 2 aromatic rings. The summed E-state index contributed by atoms with van der Waals surface area (Å²) in [5, 5.41) is 2.35. The first-order valence-electron chi connectivity index (χ1n) is 3.23. The van der Waals surface area contributed by atoms with E-state index in [-0.39, 0.29) is 37.7 Å². The van der Waals surface area contributed by atoms with Gasteiger partial charge in [0.05, 0.1) is 0 Å². The third-order valence-electron chi connectivity index (χ3n) is 1.51. The van der Waals surface area contributed by atoms with Gasteiger partial charge in [0.15, 0.2) is 0 Å². The second kappa shape index (κ2) is 5.52. The van der Waals surface area contributed by atoms with Crippen molar-refractivity contribution >= 4 is 10.8 Å². The van der Waals surface area contributed by atoms with E-state index in [4.69, 9.17) is 0 Å². The van der Waals surface area contributed by atoms with Crippen molar-refractivity contribution in [2.24, 2.45) is 0 Å². The fourth-order valence-electron chi connectivity index (χ4n) is 1.01. The van der Waals surface area contributed by atoms with E-state index >= 15 is 0 Å². The normalized spacial score (nSPS) is 8.33. The van der Waals surface area contributed by atoms with Crippen LogP contribution in [0.15, 0.2) is 36.4 Å². The zero-order valence-corrected chi connectivity index (χ0v) is 7.46. The predicted octanol–water partition coefficient (Wildman–Crippen LogP) is -3.55. The molecule has 0 aliphatic rings. The van der Waals surface area contributed by atoms with Gasteiger partial charge in [-0.1, -0.05) is 12.1 Å². The van der Waals surface area contributed by atoms with E-state index in [1.807, 2.05) is 30.3 Å². The molecule has 2 aromatic carbocycles. The Morgan fingerprint density at radius 3 is 2.50 bits per heavy atom. The third-order valence-corrected chi connectivity index (χ3v) is 1.51. The van der Waals surface area contributed by atoms with Gasteiger partial charge >= 0.3 is 37.7 Å². The largest absolute Gasteiger partial charge is 1.00 e. The zero-order chi connectivity index (χ0) is 6.81. The van der Waals surface area contributed by atoms with Crippen molar-refractivity contribution in [2.75, 3.05) is 0 Å². The number of hydrogen-bond donors (Lipinski definition) is 0. The van der Waals surface area contributed by atoms with Crippen LogP contribution in [-0.2, 0) is 0 Å². The van der Waals surface area contributed by atoms with Gasteiger partial charge in [0.1, 0.15) is 0 Å². The first-order valence-corrected chi connectivity index (χ1v) is 3.23. The molecule has 0 aliphatic carbocycles. The van der Waals surface area contributed by atoms with Crippen LogP contribution in [0.2, 0.25) is 0 Å². The Bertz CT molecular complexity index is 279. The fourth-order valence-corrected chi connectivity index (χ4v) is 1.01. The molecule has 0 N–H and O–H groups in total. The number of hydrogen-bond acceptors (Lipinski definition) is 0. The maximum Gasteiger partial charge on any atom is 1.00 e. The summed E-state index contributed by atoms with van der Waals surface area (Å²) in [5.41, 5.74) is 0. The Morgan fingerprint density at radius 2 is 1.75 bits per heavy atom. The van der Waals surface area contributed by atoms with Gasteiger partial charge in [-0.15, -0.1) is 6.07 Å². The molecule has 12 heavy (non-hydrogen) atoms. The summed E-state index contributed by atoms with van der Waals surface area (Å²) in [6.45, 7) is 0. The summed E-state index contributed by atoms with van der Waals surface area (Å²) in [6.07, 6.45) is 0. The second-order valence-electron chi connectivity index (χ2n) is 2.19.